The van der Waals surface area contributed by atoms with Gasteiger partial charge in [-0.2, -0.15) is 5.10 Å². The van der Waals surface area contributed by atoms with Gasteiger partial charge in [0.2, 0.25) is 5.88 Å². The summed E-state index contributed by atoms with van der Waals surface area (Å²) in [5.74, 6) is -0.245. The van der Waals surface area contributed by atoms with Gasteiger partial charge in [-0.15, -0.1) is 0 Å². The van der Waals surface area contributed by atoms with Crippen LogP contribution in [0.2, 0.25) is 0 Å². The van der Waals surface area contributed by atoms with E-state index in [4.69, 9.17) is 9.84 Å². The van der Waals surface area contributed by atoms with E-state index in [-0.39, 0.29) is 6.42 Å². The third-order valence-electron chi connectivity index (χ3n) is 3.28. The van der Waals surface area contributed by atoms with Crippen molar-refractivity contribution in [2.75, 3.05) is 7.11 Å². The third-order valence-corrected chi connectivity index (χ3v) is 3.28. The number of carboxylic acid groups (broad SMARTS) is 1. The summed E-state index contributed by atoms with van der Waals surface area (Å²) >= 11 is 0. The van der Waals surface area contributed by atoms with Gasteiger partial charge in [0.1, 0.15) is 0 Å². The molecule has 5 heteroatoms. The van der Waals surface area contributed by atoms with Crippen LogP contribution in [0.4, 0.5) is 0 Å². The number of nitrogens with zero attached hydrogens (tertiary/aromatic N) is 2. The minimum atomic E-state index is -0.855. The molecule has 0 spiro atoms. The quantitative estimate of drug-likeness (QED) is 0.871. The highest BCUT2D eigenvalue weighted by atomic mass is 16.5. The molecule has 0 bridgehead atoms. The zero-order valence-electron chi connectivity index (χ0n) is 10.1. The molecule has 17 heavy (non-hydrogen) atoms. The van der Waals surface area contributed by atoms with E-state index in [1.807, 2.05) is 4.68 Å². The lowest BCUT2D eigenvalue weighted by Gasteiger charge is -2.23. The SMILES string of the molecule is COc1c(CC(=O)O)cnn1C1CCCCC1. The normalized spacial score (nSPS) is 17.0. The molecule has 5 nitrogen and oxygen atoms in total. The van der Waals surface area contributed by atoms with E-state index < -0.39 is 5.97 Å². The summed E-state index contributed by atoms with van der Waals surface area (Å²) in [6.07, 6.45) is 7.48. The predicted molar refractivity (Wildman–Crippen MR) is 62.2 cm³/mol. The number of ether oxygens (including phenoxy) is 1. The molecule has 1 saturated carbocycles. The summed E-state index contributed by atoms with van der Waals surface area (Å²) in [4.78, 5) is 10.7. The maximum absolute atomic E-state index is 10.7. The zero-order valence-corrected chi connectivity index (χ0v) is 10.1. The van der Waals surface area contributed by atoms with Crippen molar-refractivity contribution in [1.82, 2.24) is 9.78 Å². The molecule has 0 unspecified atom stereocenters. The van der Waals surface area contributed by atoms with Crippen LogP contribution in [-0.2, 0) is 11.2 Å². The second-order valence-electron chi connectivity index (χ2n) is 4.49. The van der Waals surface area contributed by atoms with E-state index in [1.165, 1.54) is 19.3 Å². The Morgan fingerprint density at radius 3 is 2.82 bits per heavy atom. The summed E-state index contributed by atoms with van der Waals surface area (Å²) < 4.78 is 7.17. The smallest absolute Gasteiger partial charge is 0.308 e. The van der Waals surface area contributed by atoms with Gasteiger partial charge in [0, 0.05) is 5.56 Å². The van der Waals surface area contributed by atoms with Crippen LogP contribution >= 0.6 is 0 Å². The van der Waals surface area contributed by atoms with E-state index in [2.05, 4.69) is 5.10 Å². The first-order chi connectivity index (χ1) is 8.22. The summed E-state index contributed by atoms with van der Waals surface area (Å²) in [6.45, 7) is 0. The summed E-state index contributed by atoms with van der Waals surface area (Å²) in [5.41, 5.74) is 0.658. The number of rotatable bonds is 4. The topological polar surface area (TPSA) is 64.3 Å². The van der Waals surface area contributed by atoms with Gasteiger partial charge < -0.3 is 9.84 Å². The number of carboxylic acids is 1. The van der Waals surface area contributed by atoms with Gasteiger partial charge in [-0.05, 0) is 12.8 Å². The van der Waals surface area contributed by atoms with Gasteiger partial charge in [0.15, 0.2) is 0 Å². The highest BCUT2D eigenvalue weighted by Gasteiger charge is 2.22. The third kappa shape index (κ3) is 2.60. The molecule has 1 aromatic heterocycles. The highest BCUT2D eigenvalue weighted by Crippen LogP contribution is 2.32. The maximum Gasteiger partial charge on any atom is 0.308 e. The van der Waals surface area contributed by atoms with Gasteiger partial charge in [0.25, 0.3) is 0 Å². The van der Waals surface area contributed by atoms with Gasteiger partial charge >= 0.3 is 5.97 Å². The number of aliphatic carboxylic acids is 1. The summed E-state index contributed by atoms with van der Waals surface area (Å²) in [6, 6.07) is 0.362. The average molecular weight is 238 g/mol. The highest BCUT2D eigenvalue weighted by molar-refractivity contribution is 5.70. The van der Waals surface area contributed by atoms with Crippen molar-refractivity contribution in [1.29, 1.82) is 0 Å². The second-order valence-corrected chi connectivity index (χ2v) is 4.49. The number of methoxy groups -OCH3 is 1. The van der Waals surface area contributed by atoms with Gasteiger partial charge in [-0.25, -0.2) is 4.68 Å². The fraction of sp³-hybridized carbons (Fsp3) is 0.667. The molecule has 1 heterocycles. The lowest BCUT2D eigenvalue weighted by atomic mass is 9.96. The Morgan fingerprint density at radius 2 is 2.24 bits per heavy atom. The van der Waals surface area contributed by atoms with Crippen LogP contribution in [0.3, 0.4) is 0 Å². The van der Waals surface area contributed by atoms with Crippen LogP contribution in [0.1, 0.15) is 43.7 Å². The first-order valence-electron chi connectivity index (χ1n) is 6.04. The zero-order chi connectivity index (χ0) is 12.3. The van der Waals surface area contributed by atoms with Crippen molar-refractivity contribution in [2.45, 2.75) is 44.6 Å². The molecule has 94 valence electrons. The van der Waals surface area contributed by atoms with E-state index >= 15 is 0 Å². The number of hydrogen-bond donors (Lipinski definition) is 1. The minimum absolute atomic E-state index is 0.0319. The van der Waals surface area contributed by atoms with E-state index in [0.717, 1.165) is 12.8 Å². The van der Waals surface area contributed by atoms with Crippen molar-refractivity contribution < 1.29 is 14.6 Å². The molecule has 0 aromatic carbocycles. The Morgan fingerprint density at radius 1 is 1.53 bits per heavy atom. The Kier molecular flexibility index (Phi) is 3.66. The number of carbonyl (C=O) groups is 1. The largest absolute Gasteiger partial charge is 0.481 e. The first-order valence-corrected chi connectivity index (χ1v) is 6.04. The van der Waals surface area contributed by atoms with Crippen LogP contribution in [0.5, 0.6) is 5.88 Å². The summed E-state index contributed by atoms with van der Waals surface area (Å²) in [5, 5.41) is 13.1. The van der Waals surface area contributed by atoms with Crippen molar-refractivity contribution >= 4 is 5.97 Å². The standard InChI is InChI=1S/C12H18N2O3/c1-17-12-9(7-11(15)16)8-13-14(12)10-5-3-2-4-6-10/h8,10H,2-7H2,1H3,(H,15,16). The Hall–Kier alpha value is -1.52. The van der Waals surface area contributed by atoms with Crippen LogP contribution in [-0.4, -0.2) is 28.0 Å². The Balaban J connectivity index is 2.21. The van der Waals surface area contributed by atoms with Crippen molar-refractivity contribution in [3.05, 3.63) is 11.8 Å². The average Bonchev–Trinajstić information content (AvgIpc) is 2.72. The van der Waals surface area contributed by atoms with Crippen LogP contribution in [0.25, 0.3) is 0 Å². The second kappa shape index (κ2) is 5.21. The molecule has 1 aromatic rings. The Bertz CT molecular complexity index is 394. The molecule has 1 fully saturated rings. The lowest BCUT2D eigenvalue weighted by molar-refractivity contribution is -0.136. The molecule has 1 aliphatic rings. The summed E-state index contributed by atoms with van der Waals surface area (Å²) in [7, 11) is 1.57. The maximum atomic E-state index is 10.7. The van der Waals surface area contributed by atoms with Crippen LogP contribution < -0.4 is 4.74 Å². The van der Waals surface area contributed by atoms with Crippen LogP contribution in [0, 0.1) is 0 Å². The van der Waals surface area contributed by atoms with Gasteiger partial charge in [-0.3, -0.25) is 4.79 Å². The molecule has 0 saturated heterocycles. The molecular weight excluding hydrogens is 220 g/mol. The monoisotopic (exact) mass is 238 g/mol. The van der Waals surface area contributed by atoms with E-state index in [1.54, 1.807) is 13.3 Å². The van der Waals surface area contributed by atoms with Gasteiger partial charge in [0.05, 0.1) is 25.8 Å². The first kappa shape index (κ1) is 12.0. The van der Waals surface area contributed by atoms with Crippen molar-refractivity contribution in [3.63, 3.8) is 0 Å². The Labute approximate surface area is 100 Å². The predicted octanol–water partition coefficient (Wildman–Crippen LogP) is 2.02. The molecule has 0 radical (unpaired) electrons. The van der Waals surface area contributed by atoms with E-state index in [0.29, 0.717) is 17.5 Å². The molecule has 1 aliphatic carbocycles. The van der Waals surface area contributed by atoms with Crippen molar-refractivity contribution in [3.8, 4) is 5.88 Å². The fourth-order valence-corrected chi connectivity index (χ4v) is 2.48. The molecule has 0 amide bonds. The molecule has 2 rings (SSSR count). The molecule has 1 N–H and O–H groups in total. The molecule has 0 aliphatic heterocycles. The minimum Gasteiger partial charge on any atom is -0.481 e. The number of aromatic nitrogens is 2. The lowest BCUT2D eigenvalue weighted by Crippen LogP contribution is -2.15. The van der Waals surface area contributed by atoms with Crippen molar-refractivity contribution in [2.24, 2.45) is 0 Å². The van der Waals surface area contributed by atoms with Gasteiger partial charge in [-0.1, -0.05) is 19.3 Å². The fourth-order valence-electron chi connectivity index (χ4n) is 2.48. The number of hydrogen-bond acceptors (Lipinski definition) is 3. The van der Waals surface area contributed by atoms with E-state index in [9.17, 15) is 4.79 Å². The molecular formula is C12H18N2O3. The molecule has 0 atom stereocenters. The van der Waals surface area contributed by atoms with Crippen LogP contribution in [0.15, 0.2) is 6.20 Å².